The Kier molecular flexibility index (Phi) is 3.54. The van der Waals surface area contributed by atoms with Crippen LogP contribution in [0.25, 0.3) is 11.0 Å². The van der Waals surface area contributed by atoms with Crippen molar-refractivity contribution in [3.05, 3.63) is 46.2 Å². The average molecular weight is 320 g/mol. The highest BCUT2D eigenvalue weighted by Gasteiger charge is 2.31. The lowest BCUT2D eigenvalue weighted by Gasteiger charge is -2.28. The van der Waals surface area contributed by atoms with Crippen LogP contribution in [0.1, 0.15) is 42.5 Å². The normalized spacial score (nSPS) is 13.8. The number of imidazole rings is 1. The van der Waals surface area contributed by atoms with Crippen LogP contribution in [0.3, 0.4) is 0 Å². The van der Waals surface area contributed by atoms with Gasteiger partial charge < -0.3 is 4.57 Å². The van der Waals surface area contributed by atoms with Gasteiger partial charge in [0.15, 0.2) is 0 Å². The van der Waals surface area contributed by atoms with Gasteiger partial charge in [-0.25, -0.2) is 9.97 Å². The molecule has 0 spiro atoms. The maximum atomic E-state index is 6.39. The van der Waals surface area contributed by atoms with E-state index in [0.717, 1.165) is 21.9 Å². The van der Waals surface area contributed by atoms with Gasteiger partial charge in [-0.1, -0.05) is 6.07 Å². The van der Waals surface area contributed by atoms with Gasteiger partial charge in [-0.2, -0.15) is 0 Å². The fraction of sp³-hybridized carbons (Fsp3) is 0.375. The molecule has 0 saturated heterocycles. The second-order valence-electron chi connectivity index (χ2n) is 5.81. The van der Waals surface area contributed by atoms with Crippen LogP contribution in [0.15, 0.2) is 29.8 Å². The lowest BCUT2D eigenvalue weighted by Crippen LogP contribution is -2.29. The van der Waals surface area contributed by atoms with Gasteiger partial charge in [0.2, 0.25) is 0 Å². The Balaban J connectivity index is 2.32. The molecular formula is C16H18ClN3S. The van der Waals surface area contributed by atoms with Crippen molar-refractivity contribution in [3.63, 3.8) is 0 Å². The van der Waals surface area contributed by atoms with Crippen molar-refractivity contribution in [2.24, 2.45) is 0 Å². The second-order valence-corrected chi connectivity index (χ2v) is 7.36. The highest BCUT2D eigenvalue weighted by atomic mass is 35.5. The molecule has 0 aliphatic rings. The molecule has 3 aromatic rings. The number of rotatable bonds is 3. The predicted molar refractivity (Wildman–Crippen MR) is 89.3 cm³/mol. The number of alkyl halides is 1. The molecule has 0 fully saturated rings. The van der Waals surface area contributed by atoms with Gasteiger partial charge >= 0.3 is 0 Å². The van der Waals surface area contributed by atoms with E-state index in [-0.39, 0.29) is 10.9 Å². The number of aromatic nitrogens is 3. The van der Waals surface area contributed by atoms with Gasteiger partial charge in [-0.3, -0.25) is 0 Å². The maximum absolute atomic E-state index is 6.39. The molecule has 0 bridgehead atoms. The molecule has 21 heavy (non-hydrogen) atoms. The summed E-state index contributed by atoms with van der Waals surface area (Å²) < 4.78 is 2.22. The minimum absolute atomic E-state index is 0.156. The fourth-order valence-electron chi connectivity index (χ4n) is 2.68. The van der Waals surface area contributed by atoms with Gasteiger partial charge in [0.05, 0.1) is 21.9 Å². The van der Waals surface area contributed by atoms with Crippen LogP contribution in [-0.2, 0) is 5.54 Å². The van der Waals surface area contributed by atoms with Crippen LogP contribution in [0.5, 0.6) is 0 Å². The summed E-state index contributed by atoms with van der Waals surface area (Å²) in [5.74, 6) is 0.887. The number of benzene rings is 1. The maximum Gasteiger partial charge on any atom is 0.128 e. The molecule has 2 aromatic heterocycles. The van der Waals surface area contributed by atoms with E-state index in [4.69, 9.17) is 16.6 Å². The molecule has 0 aliphatic heterocycles. The fourth-order valence-corrected chi connectivity index (χ4v) is 3.58. The molecule has 3 rings (SSSR count). The molecule has 0 N–H and O–H groups in total. The summed E-state index contributed by atoms with van der Waals surface area (Å²) in [7, 11) is 0. The molecule has 1 aromatic carbocycles. The monoisotopic (exact) mass is 319 g/mol. The van der Waals surface area contributed by atoms with Gasteiger partial charge in [0.1, 0.15) is 10.8 Å². The van der Waals surface area contributed by atoms with Crippen molar-refractivity contribution in [2.75, 3.05) is 0 Å². The Morgan fingerprint density at radius 1 is 1.33 bits per heavy atom. The molecule has 0 amide bonds. The zero-order valence-electron chi connectivity index (χ0n) is 12.6. The lowest BCUT2D eigenvalue weighted by molar-refractivity contribution is 0.429. The molecule has 5 heteroatoms. The first-order valence-corrected chi connectivity index (χ1v) is 8.26. The first-order chi connectivity index (χ1) is 9.91. The minimum atomic E-state index is -0.281. The number of hydrogen-bond acceptors (Lipinski definition) is 3. The number of halogens is 1. The van der Waals surface area contributed by atoms with Crippen LogP contribution in [0.4, 0.5) is 0 Å². The third-order valence-electron chi connectivity index (χ3n) is 3.71. The topological polar surface area (TPSA) is 30.7 Å². The molecule has 3 nitrogen and oxygen atoms in total. The van der Waals surface area contributed by atoms with E-state index in [1.165, 1.54) is 5.56 Å². The number of aryl methyl sites for hydroxylation is 1. The SMILES string of the molecule is Cc1ccc2c(c1)nc(C(C)Cl)n2C(C)(C)c1nccs1. The summed E-state index contributed by atoms with van der Waals surface area (Å²) in [5, 5.41) is 2.90. The van der Waals surface area contributed by atoms with Crippen LogP contribution >= 0.6 is 22.9 Å². The molecule has 0 radical (unpaired) electrons. The van der Waals surface area contributed by atoms with Crippen molar-refractivity contribution in [2.45, 2.75) is 38.6 Å². The highest BCUT2D eigenvalue weighted by Crippen LogP contribution is 2.35. The number of hydrogen-bond donors (Lipinski definition) is 0. The van der Waals surface area contributed by atoms with E-state index in [1.807, 2.05) is 18.5 Å². The average Bonchev–Trinajstić information content (AvgIpc) is 3.05. The number of fused-ring (bicyclic) bond motifs is 1. The molecule has 0 aliphatic carbocycles. The summed E-state index contributed by atoms with van der Waals surface area (Å²) in [6.45, 7) is 8.36. The van der Waals surface area contributed by atoms with Crippen LogP contribution in [0.2, 0.25) is 0 Å². The Labute approximate surface area is 133 Å². The minimum Gasteiger partial charge on any atom is -0.314 e. The second kappa shape index (κ2) is 5.11. The van der Waals surface area contributed by atoms with Crippen molar-refractivity contribution in [1.29, 1.82) is 0 Å². The van der Waals surface area contributed by atoms with Gasteiger partial charge in [0, 0.05) is 11.6 Å². The van der Waals surface area contributed by atoms with E-state index in [1.54, 1.807) is 11.3 Å². The highest BCUT2D eigenvalue weighted by molar-refractivity contribution is 7.09. The van der Waals surface area contributed by atoms with Gasteiger partial charge in [-0.15, -0.1) is 22.9 Å². The molecule has 110 valence electrons. The van der Waals surface area contributed by atoms with E-state index in [0.29, 0.717) is 0 Å². The standard InChI is InChI=1S/C16H18ClN3S/c1-10-5-6-13-12(9-10)19-14(11(2)17)20(13)16(3,4)15-18-7-8-21-15/h5-9,11H,1-4H3. The molecule has 2 heterocycles. The number of thiazole rings is 1. The van der Waals surface area contributed by atoms with Crippen LogP contribution in [-0.4, -0.2) is 14.5 Å². The summed E-state index contributed by atoms with van der Waals surface area (Å²) >= 11 is 8.04. The third-order valence-corrected chi connectivity index (χ3v) is 4.99. The number of nitrogens with zero attached hydrogens (tertiary/aromatic N) is 3. The molecule has 1 atom stereocenters. The van der Waals surface area contributed by atoms with E-state index < -0.39 is 0 Å². The first kappa shape index (κ1) is 14.5. The zero-order chi connectivity index (χ0) is 15.2. The largest absolute Gasteiger partial charge is 0.314 e. The van der Waals surface area contributed by atoms with Crippen molar-refractivity contribution < 1.29 is 0 Å². The summed E-state index contributed by atoms with van der Waals surface area (Å²) in [6.07, 6.45) is 1.84. The Morgan fingerprint density at radius 3 is 2.71 bits per heavy atom. The van der Waals surface area contributed by atoms with E-state index in [2.05, 4.69) is 48.5 Å². The van der Waals surface area contributed by atoms with Crippen molar-refractivity contribution in [3.8, 4) is 0 Å². The molecule has 0 saturated carbocycles. The molecular weight excluding hydrogens is 302 g/mol. The third kappa shape index (κ3) is 2.36. The first-order valence-electron chi connectivity index (χ1n) is 6.95. The predicted octanol–water partition coefficient (Wildman–Crippen LogP) is 4.88. The Morgan fingerprint density at radius 2 is 2.10 bits per heavy atom. The van der Waals surface area contributed by atoms with Gasteiger partial charge in [-0.05, 0) is 45.4 Å². The quantitative estimate of drug-likeness (QED) is 0.644. The van der Waals surface area contributed by atoms with E-state index >= 15 is 0 Å². The summed E-state index contributed by atoms with van der Waals surface area (Å²) in [4.78, 5) is 9.25. The Bertz CT molecular complexity index is 772. The van der Waals surface area contributed by atoms with Crippen molar-refractivity contribution >= 4 is 34.0 Å². The summed E-state index contributed by atoms with van der Waals surface area (Å²) in [6, 6.07) is 6.34. The molecule has 1 unspecified atom stereocenters. The van der Waals surface area contributed by atoms with Crippen LogP contribution < -0.4 is 0 Å². The van der Waals surface area contributed by atoms with E-state index in [9.17, 15) is 0 Å². The van der Waals surface area contributed by atoms with Crippen LogP contribution in [0, 0.1) is 6.92 Å². The van der Waals surface area contributed by atoms with Gasteiger partial charge in [0.25, 0.3) is 0 Å². The van der Waals surface area contributed by atoms with Crippen molar-refractivity contribution in [1.82, 2.24) is 14.5 Å². The lowest BCUT2D eigenvalue weighted by atomic mass is 10.1. The summed E-state index contributed by atoms with van der Waals surface area (Å²) in [5.41, 5.74) is 3.01. The zero-order valence-corrected chi connectivity index (χ0v) is 14.2. The Hall–Kier alpha value is -1.39. The smallest absolute Gasteiger partial charge is 0.128 e.